The lowest BCUT2D eigenvalue weighted by molar-refractivity contribution is -0.138. The van der Waals surface area contributed by atoms with E-state index in [-0.39, 0.29) is 24.1 Å². The molecule has 1 fully saturated rings. The molecule has 1 saturated heterocycles. The summed E-state index contributed by atoms with van der Waals surface area (Å²) in [4.78, 5) is 42.4. The standard InChI is InChI=1S/C25H22N4O4/c30-23-20(12-16-10-11-17(13-26-16)33-14-15-6-2-1-3-7-15)28-25(32)22(29-23)21-18-8-4-5-9-19(18)27-24(21)31/h1-11,13,20-22H,12,14H2,(H,27,31)(H,28,32)(H,29,30). The summed E-state index contributed by atoms with van der Waals surface area (Å²) in [5.74, 6) is -1.18. The molecule has 3 atom stereocenters. The second-order valence-electron chi connectivity index (χ2n) is 8.07. The zero-order valence-corrected chi connectivity index (χ0v) is 17.7. The van der Waals surface area contributed by atoms with Gasteiger partial charge >= 0.3 is 0 Å². The van der Waals surface area contributed by atoms with Crippen LogP contribution in [0.25, 0.3) is 0 Å². The van der Waals surface area contributed by atoms with Crippen molar-refractivity contribution >= 4 is 23.4 Å². The molecule has 8 heteroatoms. The summed E-state index contributed by atoms with van der Waals surface area (Å²) in [6.45, 7) is 0.433. The third-order valence-corrected chi connectivity index (χ3v) is 5.84. The van der Waals surface area contributed by atoms with Crippen LogP contribution in [0.15, 0.2) is 72.9 Å². The van der Waals surface area contributed by atoms with Crippen LogP contribution in [0.3, 0.4) is 0 Å². The smallest absolute Gasteiger partial charge is 0.244 e. The number of carbonyl (C=O) groups is 3. The number of rotatable bonds is 6. The van der Waals surface area contributed by atoms with Crippen molar-refractivity contribution in [2.45, 2.75) is 31.0 Å². The first kappa shape index (κ1) is 20.7. The number of para-hydroxylation sites is 1. The van der Waals surface area contributed by atoms with Crippen LogP contribution in [0.5, 0.6) is 5.75 Å². The van der Waals surface area contributed by atoms with Crippen LogP contribution in [0.4, 0.5) is 5.69 Å². The van der Waals surface area contributed by atoms with Crippen LogP contribution in [0.2, 0.25) is 0 Å². The number of ether oxygens (including phenoxy) is 1. The zero-order chi connectivity index (χ0) is 22.8. The Bertz CT molecular complexity index is 1200. The van der Waals surface area contributed by atoms with Crippen molar-refractivity contribution in [1.29, 1.82) is 0 Å². The van der Waals surface area contributed by atoms with Crippen molar-refractivity contribution < 1.29 is 19.1 Å². The first-order valence-electron chi connectivity index (χ1n) is 10.7. The number of hydrogen-bond donors (Lipinski definition) is 3. The second-order valence-corrected chi connectivity index (χ2v) is 8.07. The largest absolute Gasteiger partial charge is 0.487 e. The maximum Gasteiger partial charge on any atom is 0.244 e. The van der Waals surface area contributed by atoms with Gasteiger partial charge in [-0.1, -0.05) is 48.5 Å². The van der Waals surface area contributed by atoms with Crippen molar-refractivity contribution in [2.24, 2.45) is 0 Å². The SMILES string of the molecule is O=C1NC(C2C(=O)Nc3ccccc32)C(=O)NC1Cc1ccc(OCc2ccccc2)cn1. The summed E-state index contributed by atoms with van der Waals surface area (Å²) in [7, 11) is 0. The fourth-order valence-electron chi connectivity index (χ4n) is 4.16. The third kappa shape index (κ3) is 4.27. The van der Waals surface area contributed by atoms with Crippen molar-refractivity contribution in [3.8, 4) is 5.75 Å². The number of nitrogens with zero attached hydrogens (tertiary/aromatic N) is 1. The molecule has 3 heterocycles. The summed E-state index contributed by atoms with van der Waals surface area (Å²) < 4.78 is 5.74. The lowest BCUT2D eigenvalue weighted by Gasteiger charge is -2.32. The van der Waals surface area contributed by atoms with Crippen LogP contribution in [0, 0.1) is 0 Å². The van der Waals surface area contributed by atoms with Gasteiger partial charge in [-0.2, -0.15) is 0 Å². The Kier molecular flexibility index (Phi) is 5.48. The monoisotopic (exact) mass is 442 g/mol. The van der Waals surface area contributed by atoms with Gasteiger partial charge in [0, 0.05) is 17.8 Å². The number of carbonyl (C=O) groups excluding carboxylic acids is 3. The van der Waals surface area contributed by atoms with Crippen LogP contribution in [0.1, 0.15) is 22.7 Å². The van der Waals surface area contributed by atoms with E-state index < -0.39 is 18.0 Å². The van der Waals surface area contributed by atoms with Gasteiger partial charge in [0.15, 0.2) is 0 Å². The Labute approximate surface area is 190 Å². The van der Waals surface area contributed by atoms with Crippen molar-refractivity contribution in [2.75, 3.05) is 5.32 Å². The minimum atomic E-state index is -0.959. The van der Waals surface area contributed by atoms with Crippen LogP contribution >= 0.6 is 0 Å². The van der Waals surface area contributed by atoms with E-state index in [0.717, 1.165) is 5.56 Å². The molecular formula is C25H22N4O4. The van der Waals surface area contributed by atoms with Crippen molar-refractivity contribution in [3.63, 3.8) is 0 Å². The first-order valence-corrected chi connectivity index (χ1v) is 10.7. The number of aromatic nitrogens is 1. The molecule has 5 rings (SSSR count). The van der Waals surface area contributed by atoms with E-state index in [0.29, 0.717) is 29.3 Å². The molecule has 2 aliphatic heterocycles. The highest BCUT2D eigenvalue weighted by atomic mass is 16.5. The molecule has 3 amide bonds. The predicted molar refractivity (Wildman–Crippen MR) is 120 cm³/mol. The fraction of sp³-hybridized carbons (Fsp3) is 0.200. The minimum Gasteiger partial charge on any atom is -0.487 e. The Morgan fingerprint density at radius 3 is 2.39 bits per heavy atom. The molecule has 1 aromatic heterocycles. The normalized spacial score (nSPS) is 21.6. The van der Waals surface area contributed by atoms with Gasteiger partial charge in [0.05, 0.1) is 12.1 Å². The molecule has 0 spiro atoms. The first-order chi connectivity index (χ1) is 16.1. The number of pyridine rings is 1. The number of fused-ring (bicyclic) bond motifs is 1. The number of anilines is 1. The van der Waals surface area contributed by atoms with E-state index in [2.05, 4.69) is 20.9 Å². The van der Waals surface area contributed by atoms with Crippen molar-refractivity contribution in [3.05, 3.63) is 89.7 Å². The number of hydrogen-bond acceptors (Lipinski definition) is 5. The van der Waals surface area contributed by atoms with Crippen LogP contribution < -0.4 is 20.7 Å². The van der Waals surface area contributed by atoms with Crippen LogP contribution in [-0.4, -0.2) is 34.8 Å². The maximum atomic E-state index is 12.8. The van der Waals surface area contributed by atoms with Gasteiger partial charge in [0.1, 0.15) is 24.4 Å². The van der Waals surface area contributed by atoms with E-state index >= 15 is 0 Å². The van der Waals surface area contributed by atoms with E-state index in [9.17, 15) is 14.4 Å². The van der Waals surface area contributed by atoms with E-state index in [4.69, 9.17) is 4.74 Å². The van der Waals surface area contributed by atoms with Gasteiger partial charge in [-0.15, -0.1) is 0 Å². The van der Waals surface area contributed by atoms with Gasteiger partial charge in [-0.05, 0) is 29.3 Å². The molecule has 0 bridgehead atoms. The van der Waals surface area contributed by atoms with E-state index in [1.165, 1.54) is 0 Å². The molecule has 0 aliphatic carbocycles. The quantitative estimate of drug-likeness (QED) is 0.540. The van der Waals surface area contributed by atoms with Crippen molar-refractivity contribution in [1.82, 2.24) is 15.6 Å². The van der Waals surface area contributed by atoms with E-state index in [1.54, 1.807) is 36.5 Å². The average molecular weight is 442 g/mol. The summed E-state index contributed by atoms with van der Waals surface area (Å²) in [5, 5.41) is 8.25. The number of nitrogens with one attached hydrogen (secondary N) is 3. The highest BCUT2D eigenvalue weighted by Gasteiger charge is 2.45. The molecular weight excluding hydrogens is 420 g/mol. The Morgan fingerprint density at radius 2 is 1.61 bits per heavy atom. The predicted octanol–water partition coefficient (Wildman–Crippen LogP) is 1.92. The highest BCUT2D eigenvalue weighted by molar-refractivity contribution is 6.09. The Hall–Kier alpha value is -4.20. The van der Waals surface area contributed by atoms with Crippen LogP contribution in [-0.2, 0) is 27.4 Å². The molecule has 0 radical (unpaired) electrons. The fourth-order valence-corrected chi connectivity index (χ4v) is 4.16. The maximum absolute atomic E-state index is 12.8. The zero-order valence-electron chi connectivity index (χ0n) is 17.7. The molecule has 33 heavy (non-hydrogen) atoms. The Morgan fingerprint density at radius 1 is 0.818 bits per heavy atom. The Balaban J connectivity index is 1.21. The summed E-state index contributed by atoms with van der Waals surface area (Å²) in [5.41, 5.74) is 3.06. The molecule has 8 nitrogen and oxygen atoms in total. The third-order valence-electron chi connectivity index (χ3n) is 5.84. The lowest BCUT2D eigenvalue weighted by Crippen LogP contribution is -2.64. The number of piperazine rings is 1. The van der Waals surface area contributed by atoms with Gasteiger partial charge in [-0.25, -0.2) is 0 Å². The second kappa shape index (κ2) is 8.74. The molecule has 0 saturated carbocycles. The molecule has 166 valence electrons. The molecule has 3 unspecified atom stereocenters. The topological polar surface area (TPSA) is 109 Å². The van der Waals surface area contributed by atoms with Gasteiger partial charge in [0.25, 0.3) is 0 Å². The molecule has 2 aliphatic rings. The summed E-state index contributed by atoms with van der Waals surface area (Å²) >= 11 is 0. The molecule has 3 aromatic rings. The van der Waals surface area contributed by atoms with E-state index in [1.807, 2.05) is 36.4 Å². The molecule has 2 aromatic carbocycles. The number of benzene rings is 2. The summed E-state index contributed by atoms with van der Waals surface area (Å²) in [6, 6.07) is 18.8. The average Bonchev–Trinajstić information content (AvgIpc) is 3.17. The molecule has 3 N–H and O–H groups in total. The van der Waals surface area contributed by atoms with Gasteiger partial charge in [0.2, 0.25) is 17.7 Å². The highest BCUT2D eigenvalue weighted by Crippen LogP contribution is 2.35. The summed E-state index contributed by atoms with van der Waals surface area (Å²) in [6.07, 6.45) is 1.83. The number of amides is 3. The minimum absolute atomic E-state index is 0.233. The lowest BCUT2D eigenvalue weighted by atomic mass is 9.90. The van der Waals surface area contributed by atoms with Gasteiger partial charge in [-0.3, -0.25) is 19.4 Å². The van der Waals surface area contributed by atoms with Gasteiger partial charge < -0.3 is 20.7 Å².